The van der Waals surface area contributed by atoms with Gasteiger partial charge in [0.15, 0.2) is 0 Å². The van der Waals surface area contributed by atoms with Crippen LogP contribution < -0.4 is 4.74 Å². The molecule has 1 heterocycles. The summed E-state index contributed by atoms with van der Waals surface area (Å²) in [5.41, 5.74) is 4.89. The predicted octanol–water partition coefficient (Wildman–Crippen LogP) is 5.04. The highest BCUT2D eigenvalue weighted by molar-refractivity contribution is 5.37. The van der Waals surface area contributed by atoms with Crippen LogP contribution in [0.3, 0.4) is 0 Å². The molecule has 0 N–H and O–H groups in total. The minimum Gasteiger partial charge on any atom is -0.492 e. The zero-order chi connectivity index (χ0) is 18.5. The number of fused-ring (bicyclic) bond motifs is 1. The van der Waals surface area contributed by atoms with Gasteiger partial charge < -0.3 is 4.74 Å². The van der Waals surface area contributed by atoms with Crippen LogP contribution in [0.4, 0.5) is 4.39 Å². The predicted molar refractivity (Wildman–Crippen MR) is 108 cm³/mol. The zero-order valence-electron chi connectivity index (χ0n) is 16.1. The lowest BCUT2D eigenvalue weighted by molar-refractivity contribution is 0.154. The van der Waals surface area contributed by atoms with Gasteiger partial charge in [0.25, 0.3) is 0 Å². The average molecular weight is 368 g/mol. The summed E-state index contributed by atoms with van der Waals surface area (Å²) in [5.74, 6) is 1.34. The number of benzene rings is 2. The molecule has 2 aromatic rings. The lowest BCUT2D eigenvalue weighted by Gasteiger charge is -2.32. The van der Waals surface area contributed by atoms with E-state index in [2.05, 4.69) is 23.1 Å². The molecule has 2 nitrogen and oxygen atoms in total. The summed E-state index contributed by atoms with van der Waals surface area (Å²) in [5, 5.41) is 0. The van der Waals surface area contributed by atoms with Crippen LogP contribution in [0, 0.1) is 11.7 Å². The van der Waals surface area contributed by atoms with E-state index in [1.165, 1.54) is 57.1 Å². The van der Waals surface area contributed by atoms with Crippen molar-refractivity contribution >= 4 is 0 Å². The molecular weight excluding hydrogens is 337 g/mol. The number of halogens is 1. The Morgan fingerprint density at radius 1 is 0.963 bits per heavy atom. The standard InChI is InChI=1S/C24H30FNO/c25-22-8-10-23(11-9-22)27-17-16-26-14-12-19(13-15-26)18-21-6-3-5-20-4-1-2-7-24(20)21/h3,5-6,8-11,19H,1-2,4,7,12-18H2. The molecule has 144 valence electrons. The van der Waals surface area contributed by atoms with Gasteiger partial charge in [0.1, 0.15) is 18.2 Å². The van der Waals surface area contributed by atoms with Crippen LogP contribution in [0.15, 0.2) is 42.5 Å². The van der Waals surface area contributed by atoms with E-state index in [1.54, 1.807) is 28.8 Å². The number of hydrogen-bond acceptors (Lipinski definition) is 2. The maximum absolute atomic E-state index is 12.9. The maximum atomic E-state index is 12.9. The Labute approximate surface area is 162 Å². The SMILES string of the molecule is Fc1ccc(OCCN2CCC(Cc3cccc4c3CCCC4)CC2)cc1. The first-order valence-corrected chi connectivity index (χ1v) is 10.5. The second-order valence-electron chi connectivity index (χ2n) is 8.05. The number of piperidine rings is 1. The highest BCUT2D eigenvalue weighted by Gasteiger charge is 2.21. The van der Waals surface area contributed by atoms with Gasteiger partial charge in [-0.15, -0.1) is 0 Å². The Morgan fingerprint density at radius 3 is 2.56 bits per heavy atom. The quantitative estimate of drug-likeness (QED) is 0.709. The van der Waals surface area contributed by atoms with Crippen molar-refractivity contribution < 1.29 is 9.13 Å². The summed E-state index contributed by atoms with van der Waals surface area (Å²) < 4.78 is 18.7. The molecule has 27 heavy (non-hydrogen) atoms. The third kappa shape index (κ3) is 4.90. The molecular formula is C24H30FNO. The molecule has 1 aliphatic heterocycles. The van der Waals surface area contributed by atoms with Crippen LogP contribution in [-0.2, 0) is 19.3 Å². The molecule has 2 aliphatic rings. The fourth-order valence-electron chi connectivity index (χ4n) is 4.60. The van der Waals surface area contributed by atoms with Gasteiger partial charge >= 0.3 is 0 Å². The van der Waals surface area contributed by atoms with Gasteiger partial charge in [-0.05, 0) is 105 Å². The third-order valence-corrected chi connectivity index (χ3v) is 6.20. The highest BCUT2D eigenvalue weighted by Crippen LogP contribution is 2.29. The van der Waals surface area contributed by atoms with Crippen molar-refractivity contribution in [3.8, 4) is 5.75 Å². The van der Waals surface area contributed by atoms with E-state index in [1.807, 2.05) is 0 Å². The molecule has 1 aliphatic carbocycles. The zero-order valence-corrected chi connectivity index (χ0v) is 16.1. The number of aryl methyl sites for hydroxylation is 1. The smallest absolute Gasteiger partial charge is 0.123 e. The Kier molecular flexibility index (Phi) is 6.08. The van der Waals surface area contributed by atoms with Crippen molar-refractivity contribution in [2.75, 3.05) is 26.2 Å². The van der Waals surface area contributed by atoms with E-state index in [9.17, 15) is 4.39 Å². The Morgan fingerprint density at radius 2 is 1.74 bits per heavy atom. The van der Waals surface area contributed by atoms with Crippen molar-refractivity contribution in [2.45, 2.75) is 44.9 Å². The maximum Gasteiger partial charge on any atom is 0.123 e. The van der Waals surface area contributed by atoms with E-state index in [0.29, 0.717) is 6.61 Å². The molecule has 0 atom stereocenters. The molecule has 0 radical (unpaired) electrons. The fraction of sp³-hybridized carbons (Fsp3) is 0.500. The normalized spacial score (nSPS) is 18.3. The first-order chi connectivity index (χ1) is 13.3. The van der Waals surface area contributed by atoms with Crippen molar-refractivity contribution in [1.82, 2.24) is 4.90 Å². The van der Waals surface area contributed by atoms with E-state index >= 15 is 0 Å². The van der Waals surface area contributed by atoms with Crippen molar-refractivity contribution in [3.05, 3.63) is 65.0 Å². The topological polar surface area (TPSA) is 12.5 Å². The first kappa shape index (κ1) is 18.5. The molecule has 0 amide bonds. The summed E-state index contributed by atoms with van der Waals surface area (Å²) >= 11 is 0. The number of rotatable bonds is 6. The van der Waals surface area contributed by atoms with Crippen molar-refractivity contribution in [1.29, 1.82) is 0 Å². The van der Waals surface area contributed by atoms with Crippen molar-refractivity contribution in [3.63, 3.8) is 0 Å². The molecule has 0 bridgehead atoms. The van der Waals surface area contributed by atoms with E-state index in [0.717, 1.165) is 31.3 Å². The highest BCUT2D eigenvalue weighted by atomic mass is 19.1. The van der Waals surface area contributed by atoms with Gasteiger partial charge in [-0.25, -0.2) is 4.39 Å². The van der Waals surface area contributed by atoms with Gasteiger partial charge in [0, 0.05) is 6.54 Å². The van der Waals surface area contributed by atoms with E-state index in [4.69, 9.17) is 4.74 Å². The number of nitrogens with zero attached hydrogens (tertiary/aromatic N) is 1. The summed E-state index contributed by atoms with van der Waals surface area (Å²) in [7, 11) is 0. The molecule has 0 unspecified atom stereocenters. The summed E-state index contributed by atoms with van der Waals surface area (Å²) in [6, 6.07) is 13.3. The molecule has 0 saturated carbocycles. The molecule has 0 aromatic heterocycles. The molecule has 1 fully saturated rings. The average Bonchev–Trinajstić information content (AvgIpc) is 2.71. The lowest BCUT2D eigenvalue weighted by Crippen LogP contribution is -2.37. The molecule has 2 aromatic carbocycles. The Bertz CT molecular complexity index is 735. The van der Waals surface area contributed by atoms with Gasteiger partial charge in [-0.3, -0.25) is 4.90 Å². The summed E-state index contributed by atoms with van der Waals surface area (Å²) in [6.45, 7) is 3.94. The molecule has 1 saturated heterocycles. The van der Waals surface area contributed by atoms with Crippen molar-refractivity contribution in [2.24, 2.45) is 5.92 Å². The summed E-state index contributed by atoms with van der Waals surface area (Å²) in [6.07, 6.45) is 9.08. The Balaban J connectivity index is 1.22. The van der Waals surface area contributed by atoms with Crippen LogP contribution >= 0.6 is 0 Å². The van der Waals surface area contributed by atoms with E-state index in [-0.39, 0.29) is 5.82 Å². The summed E-state index contributed by atoms with van der Waals surface area (Å²) in [4.78, 5) is 2.50. The minimum absolute atomic E-state index is 0.218. The van der Waals surface area contributed by atoms with Gasteiger partial charge in [0.2, 0.25) is 0 Å². The van der Waals surface area contributed by atoms with Crippen LogP contribution in [0.25, 0.3) is 0 Å². The first-order valence-electron chi connectivity index (χ1n) is 10.5. The van der Waals surface area contributed by atoms with Gasteiger partial charge in [-0.2, -0.15) is 0 Å². The third-order valence-electron chi connectivity index (χ3n) is 6.20. The number of likely N-dealkylation sites (tertiary alicyclic amines) is 1. The van der Waals surface area contributed by atoms with Crippen LogP contribution in [0.2, 0.25) is 0 Å². The molecule has 0 spiro atoms. The lowest BCUT2D eigenvalue weighted by atomic mass is 9.83. The van der Waals surface area contributed by atoms with Gasteiger partial charge in [0.05, 0.1) is 0 Å². The van der Waals surface area contributed by atoms with Crippen LogP contribution in [-0.4, -0.2) is 31.1 Å². The molecule has 3 heteroatoms. The van der Waals surface area contributed by atoms with E-state index < -0.39 is 0 Å². The van der Waals surface area contributed by atoms with Crippen LogP contribution in [0.5, 0.6) is 5.75 Å². The largest absolute Gasteiger partial charge is 0.492 e. The second kappa shape index (κ2) is 8.88. The van der Waals surface area contributed by atoms with Gasteiger partial charge in [-0.1, -0.05) is 18.2 Å². The fourth-order valence-corrected chi connectivity index (χ4v) is 4.60. The number of hydrogen-bond donors (Lipinski definition) is 0. The molecule has 4 rings (SSSR count). The second-order valence-corrected chi connectivity index (χ2v) is 8.05. The monoisotopic (exact) mass is 367 g/mol. The Hall–Kier alpha value is -1.87. The minimum atomic E-state index is -0.218. The van der Waals surface area contributed by atoms with Crippen LogP contribution in [0.1, 0.15) is 42.4 Å². The number of ether oxygens (including phenoxy) is 1.